The molecular formula is C30H54N10O9. The van der Waals surface area contributed by atoms with E-state index in [1.165, 1.54) is 11.8 Å². The van der Waals surface area contributed by atoms with E-state index in [0.29, 0.717) is 32.1 Å². The molecule has 1 fully saturated rings. The summed E-state index contributed by atoms with van der Waals surface area (Å²) in [5, 5.41) is 32.0. The summed E-state index contributed by atoms with van der Waals surface area (Å²) in [5.74, 6) is -5.56. The predicted octanol–water partition coefficient (Wildman–Crippen LogP) is -4.21. The van der Waals surface area contributed by atoms with Crippen molar-refractivity contribution in [3.63, 3.8) is 0 Å². The van der Waals surface area contributed by atoms with E-state index in [1.807, 2.05) is 0 Å². The van der Waals surface area contributed by atoms with Crippen molar-refractivity contribution in [3.05, 3.63) is 0 Å². The van der Waals surface area contributed by atoms with Crippen LogP contribution in [0.15, 0.2) is 4.99 Å². The third kappa shape index (κ3) is 13.9. The largest absolute Gasteiger partial charge is 0.394 e. The zero-order chi connectivity index (χ0) is 37.3. The van der Waals surface area contributed by atoms with Crippen LogP contribution in [0.4, 0.5) is 0 Å². The van der Waals surface area contributed by atoms with Gasteiger partial charge in [-0.2, -0.15) is 0 Å². The number of aliphatic hydroxyl groups excluding tert-OH is 2. The van der Waals surface area contributed by atoms with Gasteiger partial charge in [0.2, 0.25) is 41.4 Å². The maximum absolute atomic E-state index is 13.5. The third-order valence-electron chi connectivity index (χ3n) is 8.12. The predicted molar refractivity (Wildman–Crippen MR) is 178 cm³/mol. The number of hydrogen-bond donors (Lipinski definition) is 10. The van der Waals surface area contributed by atoms with Gasteiger partial charge in [-0.25, -0.2) is 0 Å². The first-order valence-corrected chi connectivity index (χ1v) is 16.5. The molecule has 1 aliphatic rings. The first kappa shape index (κ1) is 42.5. The maximum atomic E-state index is 13.5. The Morgan fingerprint density at radius 3 is 1.82 bits per heavy atom. The van der Waals surface area contributed by atoms with E-state index in [0.717, 1.165) is 0 Å². The number of aliphatic hydroxyl groups is 2. The highest BCUT2D eigenvalue weighted by Crippen LogP contribution is 2.19. The molecule has 49 heavy (non-hydrogen) atoms. The van der Waals surface area contributed by atoms with Crippen molar-refractivity contribution in [3.8, 4) is 0 Å². The van der Waals surface area contributed by atoms with Crippen LogP contribution in [-0.2, 0) is 33.6 Å². The van der Waals surface area contributed by atoms with Crippen molar-refractivity contribution in [1.82, 2.24) is 31.5 Å². The van der Waals surface area contributed by atoms with Gasteiger partial charge >= 0.3 is 0 Å². The van der Waals surface area contributed by atoms with E-state index in [4.69, 9.17) is 17.2 Å². The molecule has 0 aromatic heterocycles. The maximum Gasteiger partial charge on any atom is 0.245 e. The molecule has 0 radical (unpaired) electrons. The second kappa shape index (κ2) is 21.5. The van der Waals surface area contributed by atoms with Gasteiger partial charge in [-0.1, -0.05) is 33.6 Å². The summed E-state index contributed by atoms with van der Waals surface area (Å²) < 4.78 is 0. The Balaban J connectivity index is 3.07. The van der Waals surface area contributed by atoms with Gasteiger partial charge in [-0.05, 0) is 38.0 Å². The molecule has 0 spiro atoms. The Morgan fingerprint density at radius 2 is 1.33 bits per heavy atom. The van der Waals surface area contributed by atoms with Crippen molar-refractivity contribution in [2.24, 2.45) is 28.1 Å². The Hall–Kier alpha value is -4.52. The Kier molecular flexibility index (Phi) is 18.6. The summed E-state index contributed by atoms with van der Waals surface area (Å²) in [6.07, 6.45) is 2.36. The lowest BCUT2D eigenvalue weighted by molar-refractivity contribution is -0.141. The van der Waals surface area contributed by atoms with E-state index < -0.39 is 90.8 Å². The molecule has 1 saturated heterocycles. The first-order chi connectivity index (χ1) is 23.1. The van der Waals surface area contributed by atoms with Crippen LogP contribution < -0.4 is 43.8 Å². The fourth-order valence-electron chi connectivity index (χ4n) is 5.23. The number of hydrogen-bond acceptors (Lipinski definition) is 10. The van der Waals surface area contributed by atoms with Crippen molar-refractivity contribution < 1.29 is 43.8 Å². The highest BCUT2D eigenvalue weighted by atomic mass is 16.3. The Morgan fingerprint density at radius 1 is 0.796 bits per heavy atom. The molecule has 0 aromatic carbocycles. The van der Waals surface area contributed by atoms with Crippen molar-refractivity contribution in [2.45, 2.75) is 109 Å². The van der Waals surface area contributed by atoms with Crippen molar-refractivity contribution in [2.75, 3.05) is 26.3 Å². The van der Waals surface area contributed by atoms with Gasteiger partial charge in [0.05, 0.1) is 13.2 Å². The zero-order valence-corrected chi connectivity index (χ0v) is 28.7. The summed E-state index contributed by atoms with van der Waals surface area (Å²) >= 11 is 0. The van der Waals surface area contributed by atoms with Gasteiger partial charge in [0.15, 0.2) is 5.96 Å². The molecule has 13 N–H and O–H groups in total. The fraction of sp³-hybridized carbons (Fsp3) is 0.733. The average molecular weight is 699 g/mol. The number of nitrogens with one attached hydrogen (secondary N) is 5. The van der Waals surface area contributed by atoms with Gasteiger partial charge in [0.25, 0.3) is 0 Å². The van der Waals surface area contributed by atoms with Gasteiger partial charge < -0.3 is 58.9 Å². The minimum Gasteiger partial charge on any atom is -0.394 e. The molecule has 1 heterocycles. The monoisotopic (exact) mass is 698 g/mol. The van der Waals surface area contributed by atoms with Gasteiger partial charge in [0, 0.05) is 20.0 Å². The summed E-state index contributed by atoms with van der Waals surface area (Å²) in [5.41, 5.74) is 16.2. The number of amides is 7. The number of primary amides is 1. The number of rotatable bonds is 21. The molecule has 0 saturated carbocycles. The van der Waals surface area contributed by atoms with Crippen molar-refractivity contribution in [1.29, 1.82) is 0 Å². The molecule has 7 amide bonds. The van der Waals surface area contributed by atoms with Crippen LogP contribution in [0.1, 0.15) is 72.6 Å². The number of carbonyl (C=O) groups excluding carboxylic acids is 7. The second-order valence-corrected chi connectivity index (χ2v) is 12.0. The normalized spacial score (nSPS) is 17.7. The summed E-state index contributed by atoms with van der Waals surface area (Å²) in [6.45, 7) is 5.17. The number of nitrogens with zero attached hydrogens (tertiary/aromatic N) is 2. The minimum absolute atomic E-state index is 0.0968. The van der Waals surface area contributed by atoms with Crippen LogP contribution in [0, 0.1) is 5.92 Å². The SMILES string of the molecule is CCC[C@H](NC(=O)[C@H](CO)NC(=O)[C@H](CO)NC(=O)C(NC(C)=O)[C@@H](C)CC)C(=O)N[C@@H](CCCN=C(N)N)C(=O)N1CCC[C@H]1C(N)=O. The Labute approximate surface area is 285 Å². The molecule has 19 nitrogen and oxygen atoms in total. The van der Waals surface area contributed by atoms with Crippen LogP contribution in [0.5, 0.6) is 0 Å². The van der Waals surface area contributed by atoms with Gasteiger partial charge in [-0.3, -0.25) is 38.6 Å². The van der Waals surface area contributed by atoms with Crippen LogP contribution in [0.2, 0.25) is 0 Å². The van der Waals surface area contributed by atoms with Crippen molar-refractivity contribution >= 4 is 47.3 Å². The molecule has 1 unspecified atom stereocenters. The topological polar surface area (TPSA) is 314 Å². The number of guanidine groups is 1. The Bertz CT molecular complexity index is 1200. The fourth-order valence-corrected chi connectivity index (χ4v) is 5.23. The molecule has 1 rings (SSSR count). The zero-order valence-electron chi connectivity index (χ0n) is 28.7. The smallest absolute Gasteiger partial charge is 0.245 e. The summed E-state index contributed by atoms with van der Waals surface area (Å²) in [6, 6.07) is -7.28. The van der Waals surface area contributed by atoms with Gasteiger partial charge in [-0.15, -0.1) is 0 Å². The molecule has 1 aliphatic heterocycles. The minimum atomic E-state index is -1.59. The molecule has 278 valence electrons. The molecular weight excluding hydrogens is 644 g/mol. The van der Waals surface area contributed by atoms with Crippen LogP contribution in [-0.4, -0.2) is 125 Å². The summed E-state index contributed by atoms with van der Waals surface area (Å²) in [4.78, 5) is 94.7. The molecule has 0 aromatic rings. The number of aliphatic imine (C=N–C) groups is 1. The quantitative estimate of drug-likeness (QED) is 0.0311. The van der Waals surface area contributed by atoms with Gasteiger partial charge in [0.1, 0.15) is 36.3 Å². The lowest BCUT2D eigenvalue weighted by atomic mass is 9.98. The highest BCUT2D eigenvalue weighted by molar-refractivity contribution is 5.97. The van der Waals surface area contributed by atoms with E-state index in [-0.39, 0.29) is 37.8 Å². The lowest BCUT2D eigenvalue weighted by Gasteiger charge is -2.29. The van der Waals surface area contributed by atoms with Crippen LogP contribution in [0.25, 0.3) is 0 Å². The second-order valence-electron chi connectivity index (χ2n) is 12.0. The average Bonchev–Trinajstić information content (AvgIpc) is 3.55. The van der Waals surface area contributed by atoms with E-state index in [2.05, 4.69) is 31.6 Å². The first-order valence-electron chi connectivity index (χ1n) is 16.5. The number of nitrogens with two attached hydrogens (primary N) is 3. The standard InChI is InChI=1S/C30H54N10O9/c1-5-9-18(25(45)37-19(10-7-12-34-30(32)33)29(49)40-13-8-11-22(40)24(31)44)36-26(46)20(14-41)38-27(47)21(15-42)39-28(48)23(16(3)6-2)35-17(4)43/h16,18-23,41-42H,5-15H2,1-4H3,(H2,31,44)(H,35,43)(H,36,46)(H,37,45)(H,38,47)(H,39,48)(H4,32,33,34)/t16-,18-,19-,20-,21-,22-,23?/m0/s1. The van der Waals surface area contributed by atoms with E-state index in [9.17, 15) is 43.8 Å². The van der Waals surface area contributed by atoms with E-state index >= 15 is 0 Å². The number of carbonyl (C=O) groups is 7. The number of likely N-dealkylation sites (tertiary alicyclic amines) is 1. The lowest BCUT2D eigenvalue weighted by Crippen LogP contribution is -2.61. The highest BCUT2D eigenvalue weighted by Gasteiger charge is 2.38. The molecule has 0 aliphatic carbocycles. The molecule has 19 heteroatoms. The van der Waals surface area contributed by atoms with E-state index in [1.54, 1.807) is 20.8 Å². The van der Waals surface area contributed by atoms with Crippen LogP contribution >= 0.6 is 0 Å². The summed E-state index contributed by atoms with van der Waals surface area (Å²) in [7, 11) is 0. The third-order valence-corrected chi connectivity index (χ3v) is 8.12. The molecule has 7 atom stereocenters. The van der Waals surface area contributed by atoms with Crippen LogP contribution in [0.3, 0.4) is 0 Å². The molecule has 0 bridgehead atoms.